The van der Waals surface area contributed by atoms with Gasteiger partial charge in [-0.25, -0.2) is 0 Å². The van der Waals surface area contributed by atoms with Gasteiger partial charge in [-0.1, -0.05) is 0 Å². The minimum absolute atomic E-state index is 0.764. The average Bonchev–Trinajstić information content (AvgIpc) is 2.80. The van der Waals surface area contributed by atoms with Crippen LogP contribution in [0.5, 0.6) is 0 Å². The molecule has 11 heteroatoms. The Labute approximate surface area is 185 Å². The molecule has 1 fully saturated rings. The quantitative estimate of drug-likeness (QED) is 0.383. The molecule has 1 rings (SSSR count). The first kappa shape index (κ1) is 9.06. The van der Waals surface area contributed by atoms with Crippen molar-refractivity contribution in [3.05, 3.63) is 0 Å². The lowest BCUT2D eigenvalue weighted by Gasteiger charge is -2.31. The fourth-order valence-corrected chi connectivity index (χ4v) is 1.59. The molecule has 4 N–H and O–H groups in total. The van der Waals surface area contributed by atoms with Crippen LogP contribution in [0, 0.1) is 5.92 Å². The van der Waals surface area contributed by atoms with Crippen LogP contribution in [0.3, 0.4) is 0 Å². The van der Waals surface area contributed by atoms with Gasteiger partial charge < -0.3 is 20.4 Å². The summed E-state index contributed by atoms with van der Waals surface area (Å²) in [7, 11) is 0. The monoisotopic (exact) mass is 419 g/mol. The smallest absolute Gasteiger partial charge is 0.317 e. The molecule has 0 aromatic carbocycles. The molecule has 1 heterocycles. The largest absolute Gasteiger partial charge is 0.481 e. The van der Waals surface area contributed by atoms with Gasteiger partial charge in [-0.2, -0.15) is 0 Å². The number of carboxylic acid groups (broad SMARTS) is 4. The maximum atomic E-state index is 11.7. The molecular weight excluding hydrogens is 374 g/mol. The summed E-state index contributed by atoms with van der Waals surface area (Å²) in [6.07, 6.45) is -10.4. The first-order valence-corrected chi connectivity index (χ1v) is 7.40. The highest BCUT2D eigenvalue weighted by Crippen LogP contribution is 2.16. The Balaban J connectivity index is 4.66. The third-order valence-corrected chi connectivity index (χ3v) is 2.65. The second-order valence-electron chi connectivity index (χ2n) is 5.05. The number of carbonyl (C=O) groups is 4. The molecule has 0 saturated carbocycles. The van der Waals surface area contributed by atoms with Crippen LogP contribution in [0.1, 0.15) is 41.1 Å². The second kappa shape index (κ2) is 12.3. The predicted molar refractivity (Wildman–Crippen MR) is 97.2 cm³/mol. The first-order chi connectivity index (χ1) is 19.2. The SMILES string of the molecule is [2H]C1([2H])C(CC(=O)O)C([2H])([2H])C([2H])([2H])N(CC(=O)O)C([2H])([2H])C([2H])([2H])N(CC(=O)O)C([2H])([2H])C([2H])([2H])N(CC(=O)O)C1([2H])[2H]. The lowest BCUT2D eigenvalue weighted by Crippen LogP contribution is -2.45. The summed E-state index contributed by atoms with van der Waals surface area (Å²) in [5.74, 6) is -12.0. The van der Waals surface area contributed by atoms with Crippen molar-refractivity contribution in [1.29, 1.82) is 0 Å². The normalized spacial score (nSPS) is 42.3. The van der Waals surface area contributed by atoms with E-state index >= 15 is 0 Å². The Bertz CT molecular complexity index is 935. The van der Waals surface area contributed by atoms with Crippen molar-refractivity contribution in [1.82, 2.24) is 14.7 Å². The topological polar surface area (TPSA) is 159 Å². The standard InChI is InChI=1S/C17H29N3O8/c21-14(22)9-13-1-3-18(10-15(23)24)5-7-20(12-17(27)28)8-6-19(4-2-13)11-16(25)26/h13H,1-12H2,(H,21,22)(H,23,24)(H,25,26)(H,27,28)/i1D2,2D2,3D2,4D2,5D2,6D2,7D2,8D2. The fraction of sp³-hybridized carbons (Fsp3) is 0.765. The van der Waals surface area contributed by atoms with E-state index in [1.54, 1.807) is 0 Å². The van der Waals surface area contributed by atoms with Gasteiger partial charge in [0.05, 0.1) is 19.6 Å². The molecular formula is C17H29N3O8. The third-order valence-electron chi connectivity index (χ3n) is 2.65. The zero-order chi connectivity index (χ0) is 35.4. The fourth-order valence-electron chi connectivity index (χ4n) is 1.59. The van der Waals surface area contributed by atoms with Gasteiger partial charge in [0.25, 0.3) is 0 Å². The molecule has 0 aromatic rings. The molecule has 0 amide bonds. The van der Waals surface area contributed by atoms with E-state index in [0.29, 0.717) is 0 Å². The van der Waals surface area contributed by atoms with E-state index in [0.717, 1.165) is 0 Å². The molecule has 1 aliphatic rings. The lowest BCUT2D eigenvalue weighted by molar-refractivity contribution is -0.141. The molecule has 0 spiro atoms. The van der Waals surface area contributed by atoms with Gasteiger partial charge in [0, 0.05) is 54.3 Å². The van der Waals surface area contributed by atoms with Crippen LogP contribution in [0.4, 0.5) is 0 Å². The Morgan fingerprint density at radius 3 is 1.25 bits per heavy atom. The number of carboxylic acids is 4. The molecule has 0 aromatic heterocycles. The van der Waals surface area contributed by atoms with Gasteiger partial charge in [0.15, 0.2) is 0 Å². The van der Waals surface area contributed by atoms with Gasteiger partial charge in [-0.3, -0.25) is 33.9 Å². The van der Waals surface area contributed by atoms with Crippen molar-refractivity contribution in [2.75, 3.05) is 58.6 Å². The Morgan fingerprint density at radius 2 is 0.964 bits per heavy atom. The molecule has 1 aliphatic heterocycles. The van der Waals surface area contributed by atoms with Crippen LogP contribution in [0.2, 0.25) is 0 Å². The molecule has 0 bridgehead atoms. The summed E-state index contributed by atoms with van der Waals surface area (Å²) in [4.78, 5) is 44.6. The molecule has 0 radical (unpaired) electrons. The van der Waals surface area contributed by atoms with E-state index in [1.165, 1.54) is 0 Å². The van der Waals surface area contributed by atoms with E-state index in [1.807, 2.05) is 0 Å². The summed E-state index contributed by atoms with van der Waals surface area (Å²) < 4.78 is 135. The highest BCUT2D eigenvalue weighted by Gasteiger charge is 2.22. The van der Waals surface area contributed by atoms with Crippen LogP contribution in [0.25, 0.3) is 0 Å². The number of aliphatic carboxylic acids is 4. The van der Waals surface area contributed by atoms with E-state index in [2.05, 4.69) is 0 Å². The Hall–Kier alpha value is -2.24. The highest BCUT2D eigenvalue weighted by atomic mass is 16.4. The van der Waals surface area contributed by atoms with E-state index < -0.39 is 122 Å². The van der Waals surface area contributed by atoms with E-state index in [9.17, 15) is 39.6 Å². The zero-order valence-corrected chi connectivity index (χ0v) is 14.2. The number of rotatable bonds is 8. The zero-order valence-electron chi connectivity index (χ0n) is 30.2. The summed E-state index contributed by atoms with van der Waals surface area (Å²) in [5, 5.41) is 37.7. The minimum Gasteiger partial charge on any atom is -0.481 e. The predicted octanol–water partition coefficient (Wildman–Crippen LogP) is -0.969. The number of nitrogens with zero attached hydrogens (tertiary/aromatic N) is 3. The van der Waals surface area contributed by atoms with E-state index in [4.69, 9.17) is 21.9 Å². The summed E-state index contributed by atoms with van der Waals surface area (Å²) in [5.41, 5.74) is 0. The van der Waals surface area contributed by atoms with Crippen molar-refractivity contribution < 1.29 is 61.5 Å². The van der Waals surface area contributed by atoms with Crippen molar-refractivity contribution >= 4 is 23.9 Å². The Kier molecular flexibility index (Phi) is 3.97. The summed E-state index contributed by atoms with van der Waals surface area (Å²) in [6.45, 7) is -32.5. The third kappa shape index (κ3) is 10.8. The average molecular weight is 420 g/mol. The first-order valence-electron chi connectivity index (χ1n) is 15.4. The van der Waals surface area contributed by atoms with Crippen molar-refractivity contribution in [3.63, 3.8) is 0 Å². The van der Waals surface area contributed by atoms with Crippen LogP contribution in [-0.4, -0.2) is 118 Å². The molecule has 160 valence electrons. The molecule has 28 heavy (non-hydrogen) atoms. The van der Waals surface area contributed by atoms with Crippen LogP contribution >= 0.6 is 0 Å². The summed E-state index contributed by atoms with van der Waals surface area (Å²) in [6, 6.07) is 0. The van der Waals surface area contributed by atoms with Crippen LogP contribution in [0.15, 0.2) is 0 Å². The van der Waals surface area contributed by atoms with Crippen molar-refractivity contribution in [3.8, 4) is 0 Å². The van der Waals surface area contributed by atoms with Gasteiger partial charge in [0.2, 0.25) is 0 Å². The molecule has 0 unspecified atom stereocenters. The lowest BCUT2D eigenvalue weighted by atomic mass is 9.96. The molecule has 0 atom stereocenters. The second-order valence-corrected chi connectivity index (χ2v) is 5.05. The van der Waals surface area contributed by atoms with Crippen LogP contribution < -0.4 is 0 Å². The highest BCUT2D eigenvalue weighted by molar-refractivity contribution is 5.70. The molecule has 11 nitrogen and oxygen atoms in total. The van der Waals surface area contributed by atoms with Crippen molar-refractivity contribution in [2.45, 2.75) is 19.2 Å². The van der Waals surface area contributed by atoms with E-state index in [-0.39, 0.29) is 0 Å². The maximum Gasteiger partial charge on any atom is 0.317 e. The van der Waals surface area contributed by atoms with Gasteiger partial charge in [-0.15, -0.1) is 0 Å². The summed E-state index contributed by atoms with van der Waals surface area (Å²) >= 11 is 0. The Morgan fingerprint density at radius 1 is 0.643 bits per heavy atom. The number of hydrogen-bond acceptors (Lipinski definition) is 7. The minimum atomic E-state index is -4.43. The van der Waals surface area contributed by atoms with Gasteiger partial charge in [0.1, 0.15) is 0 Å². The van der Waals surface area contributed by atoms with Crippen molar-refractivity contribution in [2.24, 2.45) is 5.92 Å². The maximum absolute atomic E-state index is 11.7. The van der Waals surface area contributed by atoms with Gasteiger partial charge >= 0.3 is 23.9 Å². The molecule has 0 aliphatic carbocycles. The number of hydrogen-bond donors (Lipinski definition) is 4. The van der Waals surface area contributed by atoms with Crippen LogP contribution in [-0.2, 0) is 19.2 Å². The van der Waals surface area contributed by atoms with Gasteiger partial charge in [-0.05, 0) is 31.7 Å². The molecule has 1 saturated heterocycles.